The summed E-state index contributed by atoms with van der Waals surface area (Å²) in [5.41, 5.74) is 2.25. The van der Waals surface area contributed by atoms with Crippen LogP contribution < -0.4 is 20.3 Å². The van der Waals surface area contributed by atoms with Gasteiger partial charge in [-0.25, -0.2) is 4.79 Å². The van der Waals surface area contributed by atoms with Gasteiger partial charge in [0.25, 0.3) is 5.91 Å². The van der Waals surface area contributed by atoms with Crippen LogP contribution in [0.25, 0.3) is 0 Å². The van der Waals surface area contributed by atoms with E-state index in [0.717, 1.165) is 12.1 Å². The number of rotatable bonds is 7. The highest BCUT2D eigenvalue weighted by atomic mass is 32.1. The van der Waals surface area contributed by atoms with Crippen LogP contribution in [0.5, 0.6) is 5.75 Å². The summed E-state index contributed by atoms with van der Waals surface area (Å²) in [5, 5.41) is 5.88. The molecule has 176 valence electrons. The zero-order valence-electron chi connectivity index (χ0n) is 19.1. The number of ether oxygens (including phenoxy) is 3. The average molecular weight is 472 g/mol. The minimum atomic E-state index is -0.459. The molecular formula is C24H29N3O5S. The number of carbonyl (C=O) groups is 2. The Morgan fingerprint density at radius 2 is 1.91 bits per heavy atom. The molecule has 1 fully saturated rings. The van der Waals surface area contributed by atoms with Crippen molar-refractivity contribution in [2.45, 2.75) is 26.4 Å². The Morgan fingerprint density at radius 3 is 2.61 bits per heavy atom. The van der Waals surface area contributed by atoms with Gasteiger partial charge in [0.15, 0.2) is 5.11 Å². The number of methoxy groups -OCH3 is 1. The Hall–Kier alpha value is -3.17. The molecule has 0 bridgehead atoms. The fourth-order valence-electron chi connectivity index (χ4n) is 3.32. The molecule has 1 heterocycles. The first-order chi connectivity index (χ1) is 15.9. The molecule has 0 unspecified atom stereocenters. The maximum Gasteiger partial charge on any atom is 0.337 e. The molecule has 0 radical (unpaired) electrons. The van der Waals surface area contributed by atoms with Crippen LogP contribution in [0.3, 0.4) is 0 Å². The van der Waals surface area contributed by atoms with Crippen molar-refractivity contribution in [2.75, 3.05) is 43.6 Å². The molecule has 1 atom stereocenters. The van der Waals surface area contributed by atoms with Gasteiger partial charge >= 0.3 is 5.97 Å². The normalized spacial score (nSPS) is 14.2. The van der Waals surface area contributed by atoms with E-state index in [2.05, 4.69) is 15.5 Å². The van der Waals surface area contributed by atoms with Crippen molar-refractivity contribution in [3.63, 3.8) is 0 Å². The van der Waals surface area contributed by atoms with Gasteiger partial charge in [0.2, 0.25) is 0 Å². The Labute approximate surface area is 199 Å². The van der Waals surface area contributed by atoms with Crippen LogP contribution in [0, 0.1) is 0 Å². The molecule has 8 nitrogen and oxygen atoms in total. The third-order valence-corrected chi connectivity index (χ3v) is 5.46. The first-order valence-corrected chi connectivity index (χ1v) is 11.3. The van der Waals surface area contributed by atoms with Gasteiger partial charge in [0.05, 0.1) is 43.4 Å². The zero-order chi connectivity index (χ0) is 23.8. The van der Waals surface area contributed by atoms with Gasteiger partial charge in [-0.05, 0) is 62.0 Å². The standard InChI is InChI=1S/C24H29N3O5S/c1-4-16(2)32-19-7-5-6-17(14-19)22(28)26-24(33)25-20-15-18(23(29)30-3)8-9-21(20)27-10-12-31-13-11-27/h5-9,14-16H,4,10-13H2,1-3H3,(H2,25,26,28,33)/t16-/m1/s1. The Balaban J connectivity index is 1.75. The quantitative estimate of drug-likeness (QED) is 0.468. The van der Waals surface area contributed by atoms with Crippen molar-refractivity contribution in [3.8, 4) is 5.75 Å². The molecule has 3 rings (SSSR count). The molecule has 0 saturated carbocycles. The highest BCUT2D eigenvalue weighted by Crippen LogP contribution is 2.28. The largest absolute Gasteiger partial charge is 0.491 e. The lowest BCUT2D eigenvalue weighted by Crippen LogP contribution is -2.38. The van der Waals surface area contributed by atoms with Gasteiger partial charge in [-0.3, -0.25) is 10.1 Å². The number of amides is 1. The van der Waals surface area contributed by atoms with Gasteiger partial charge in [-0.1, -0.05) is 13.0 Å². The summed E-state index contributed by atoms with van der Waals surface area (Å²) >= 11 is 5.40. The monoisotopic (exact) mass is 471 g/mol. The fraction of sp³-hybridized carbons (Fsp3) is 0.375. The van der Waals surface area contributed by atoms with Crippen molar-refractivity contribution in [2.24, 2.45) is 0 Å². The van der Waals surface area contributed by atoms with Crippen molar-refractivity contribution in [1.29, 1.82) is 0 Å². The van der Waals surface area contributed by atoms with Gasteiger partial charge < -0.3 is 24.4 Å². The summed E-state index contributed by atoms with van der Waals surface area (Å²) < 4.78 is 16.1. The molecule has 2 aromatic rings. The van der Waals surface area contributed by atoms with Crippen molar-refractivity contribution >= 4 is 40.6 Å². The first-order valence-electron chi connectivity index (χ1n) is 10.9. The summed E-state index contributed by atoms with van der Waals surface area (Å²) in [5.74, 6) is -0.199. The zero-order valence-corrected chi connectivity index (χ0v) is 19.9. The van der Waals surface area contributed by atoms with Gasteiger partial charge in [-0.15, -0.1) is 0 Å². The summed E-state index contributed by atoms with van der Waals surface area (Å²) in [6, 6.07) is 12.1. The molecule has 1 amide bonds. The summed E-state index contributed by atoms with van der Waals surface area (Å²) in [7, 11) is 1.33. The van der Waals surface area contributed by atoms with E-state index in [9.17, 15) is 9.59 Å². The summed E-state index contributed by atoms with van der Waals surface area (Å²) in [6.07, 6.45) is 0.910. The molecule has 1 aliphatic rings. The van der Waals surface area contributed by atoms with Crippen LogP contribution in [-0.2, 0) is 9.47 Å². The number of esters is 1. The highest BCUT2D eigenvalue weighted by Gasteiger charge is 2.19. The SMILES string of the molecule is CC[C@@H](C)Oc1cccc(C(=O)NC(=S)Nc2cc(C(=O)OC)ccc2N2CCOCC2)c1. The van der Waals surface area contributed by atoms with Crippen molar-refractivity contribution in [1.82, 2.24) is 5.32 Å². The maximum atomic E-state index is 12.8. The minimum Gasteiger partial charge on any atom is -0.491 e. The van der Waals surface area contributed by atoms with Crippen LogP contribution in [0.1, 0.15) is 41.0 Å². The lowest BCUT2D eigenvalue weighted by atomic mass is 10.1. The molecule has 9 heteroatoms. The number of nitrogens with zero attached hydrogens (tertiary/aromatic N) is 1. The summed E-state index contributed by atoms with van der Waals surface area (Å²) in [4.78, 5) is 26.9. The van der Waals surface area contributed by atoms with E-state index in [1.165, 1.54) is 7.11 Å². The van der Waals surface area contributed by atoms with E-state index in [0.29, 0.717) is 48.9 Å². The smallest absolute Gasteiger partial charge is 0.337 e. The highest BCUT2D eigenvalue weighted by molar-refractivity contribution is 7.80. The number of thiocarbonyl (C=S) groups is 1. The van der Waals surface area contributed by atoms with Crippen LogP contribution >= 0.6 is 12.2 Å². The maximum absolute atomic E-state index is 12.8. The lowest BCUT2D eigenvalue weighted by Gasteiger charge is -2.31. The number of morpholine rings is 1. The third kappa shape index (κ3) is 6.66. The molecule has 0 spiro atoms. The van der Waals surface area contributed by atoms with E-state index in [-0.39, 0.29) is 17.1 Å². The number of anilines is 2. The second-order valence-corrected chi connectivity index (χ2v) is 8.00. The van der Waals surface area contributed by atoms with E-state index >= 15 is 0 Å². The second kappa shape index (κ2) is 11.6. The van der Waals surface area contributed by atoms with Crippen LogP contribution in [0.2, 0.25) is 0 Å². The Morgan fingerprint density at radius 1 is 1.15 bits per heavy atom. The minimum absolute atomic E-state index is 0.0479. The topological polar surface area (TPSA) is 89.1 Å². The van der Waals surface area contributed by atoms with Gasteiger partial charge in [0.1, 0.15) is 5.75 Å². The number of carbonyl (C=O) groups excluding carboxylic acids is 2. The number of hydrogen-bond donors (Lipinski definition) is 2. The fourth-order valence-corrected chi connectivity index (χ4v) is 3.52. The molecular weight excluding hydrogens is 442 g/mol. The molecule has 1 aliphatic heterocycles. The predicted octanol–water partition coefficient (Wildman–Crippen LogP) is 3.61. The van der Waals surface area contributed by atoms with E-state index in [1.54, 1.807) is 30.3 Å². The van der Waals surface area contributed by atoms with Crippen molar-refractivity contribution in [3.05, 3.63) is 53.6 Å². The Kier molecular flexibility index (Phi) is 8.62. The Bertz CT molecular complexity index is 1010. The number of benzene rings is 2. The molecule has 1 saturated heterocycles. The van der Waals surface area contributed by atoms with E-state index < -0.39 is 5.97 Å². The third-order valence-electron chi connectivity index (χ3n) is 5.25. The molecule has 0 aliphatic carbocycles. The second-order valence-electron chi connectivity index (χ2n) is 7.60. The molecule has 0 aromatic heterocycles. The molecule has 33 heavy (non-hydrogen) atoms. The first kappa shape index (κ1) is 24.5. The van der Waals surface area contributed by atoms with E-state index in [1.807, 2.05) is 26.0 Å². The predicted molar refractivity (Wildman–Crippen MR) is 131 cm³/mol. The van der Waals surface area contributed by atoms with Gasteiger partial charge in [0, 0.05) is 18.7 Å². The number of hydrogen-bond acceptors (Lipinski definition) is 7. The van der Waals surface area contributed by atoms with Gasteiger partial charge in [-0.2, -0.15) is 0 Å². The van der Waals surface area contributed by atoms with E-state index in [4.69, 9.17) is 26.4 Å². The van der Waals surface area contributed by atoms with Crippen molar-refractivity contribution < 1.29 is 23.8 Å². The van der Waals surface area contributed by atoms with Crippen LogP contribution in [-0.4, -0.2) is 56.5 Å². The lowest BCUT2D eigenvalue weighted by molar-refractivity contribution is 0.0600. The molecule has 2 aromatic carbocycles. The summed E-state index contributed by atoms with van der Waals surface area (Å²) in [6.45, 7) is 6.62. The molecule has 2 N–H and O–H groups in total. The number of nitrogens with one attached hydrogen (secondary N) is 2. The van der Waals surface area contributed by atoms with Crippen LogP contribution in [0.4, 0.5) is 11.4 Å². The average Bonchev–Trinajstić information content (AvgIpc) is 2.84. The van der Waals surface area contributed by atoms with Crippen LogP contribution in [0.15, 0.2) is 42.5 Å².